The summed E-state index contributed by atoms with van der Waals surface area (Å²) < 4.78 is 0. The fourth-order valence-electron chi connectivity index (χ4n) is 3.23. The number of aryl methyl sites for hydroxylation is 1. The molecular weight excluding hydrogens is 340 g/mol. The molecule has 0 aliphatic heterocycles. The van der Waals surface area contributed by atoms with Crippen molar-refractivity contribution in [2.75, 3.05) is 0 Å². The van der Waals surface area contributed by atoms with Crippen LogP contribution in [0.2, 0.25) is 0 Å². The van der Waals surface area contributed by atoms with Crippen LogP contribution < -0.4 is 0 Å². The van der Waals surface area contributed by atoms with E-state index in [4.69, 9.17) is 0 Å². The molecule has 7 heteroatoms. The summed E-state index contributed by atoms with van der Waals surface area (Å²) in [6, 6.07) is 6.62. The van der Waals surface area contributed by atoms with Crippen LogP contribution in [-0.2, 0) is 4.79 Å². The minimum Gasteiger partial charge on any atom is -0.507 e. The fraction of sp³-hybridized carbons (Fsp3) is 0.105. The summed E-state index contributed by atoms with van der Waals surface area (Å²) in [6.45, 7) is 1.62. The Bertz CT molecular complexity index is 1000. The average molecular weight is 354 g/mol. The molecular formula is C19H14O7. The molecule has 0 bridgehead atoms. The lowest BCUT2D eigenvalue weighted by Gasteiger charge is -2.26. The molecule has 26 heavy (non-hydrogen) atoms. The smallest absolute Gasteiger partial charge is 0.319 e. The Morgan fingerprint density at radius 1 is 1.08 bits per heavy atom. The maximum atomic E-state index is 12.7. The monoisotopic (exact) mass is 354 g/mol. The number of fused-ring (bicyclic) bond motifs is 1. The van der Waals surface area contributed by atoms with Gasteiger partial charge in [-0.05, 0) is 30.7 Å². The van der Waals surface area contributed by atoms with Gasteiger partial charge in [0, 0.05) is 22.3 Å². The third-order valence-corrected chi connectivity index (χ3v) is 4.29. The van der Waals surface area contributed by atoms with E-state index < -0.39 is 34.9 Å². The number of carbonyl (C=O) groups is 3. The summed E-state index contributed by atoms with van der Waals surface area (Å²) >= 11 is 0. The van der Waals surface area contributed by atoms with Gasteiger partial charge in [-0.15, -0.1) is 0 Å². The number of hydrogen-bond donors (Lipinski definition) is 4. The molecule has 1 unspecified atom stereocenters. The Hall–Kier alpha value is -3.61. The number of rotatable bonds is 3. The van der Waals surface area contributed by atoms with Gasteiger partial charge in [0.2, 0.25) is 0 Å². The third kappa shape index (κ3) is 2.41. The molecule has 1 aliphatic rings. The highest BCUT2D eigenvalue weighted by atomic mass is 16.4. The lowest BCUT2D eigenvalue weighted by atomic mass is 9.76. The van der Waals surface area contributed by atoms with Crippen molar-refractivity contribution in [2.45, 2.75) is 6.92 Å². The van der Waals surface area contributed by atoms with Crippen LogP contribution in [0, 0.1) is 12.8 Å². The molecule has 2 aromatic rings. The number of Topliss-reactive ketones (excluding diaryl/α,β-unsaturated/α-hetero) is 1. The Balaban J connectivity index is 2.45. The molecule has 1 aliphatic carbocycles. The van der Waals surface area contributed by atoms with E-state index in [-0.39, 0.29) is 27.8 Å². The van der Waals surface area contributed by atoms with Crippen LogP contribution in [0.25, 0.3) is 11.3 Å². The number of aldehydes is 1. The number of aromatic hydroxyl groups is 2. The number of carboxylic acids is 1. The molecule has 2 aromatic carbocycles. The second kappa shape index (κ2) is 6.03. The number of aliphatic carboxylic acids is 1. The van der Waals surface area contributed by atoms with E-state index in [2.05, 4.69) is 0 Å². The molecule has 0 aromatic heterocycles. The van der Waals surface area contributed by atoms with Gasteiger partial charge in [-0.25, -0.2) is 0 Å². The van der Waals surface area contributed by atoms with Gasteiger partial charge in [0.05, 0.1) is 5.56 Å². The predicted octanol–water partition coefficient (Wildman–Crippen LogP) is 2.54. The lowest BCUT2D eigenvalue weighted by Crippen LogP contribution is -2.30. The van der Waals surface area contributed by atoms with Crippen molar-refractivity contribution in [1.29, 1.82) is 0 Å². The lowest BCUT2D eigenvalue weighted by molar-refractivity contribution is -0.138. The Kier molecular flexibility index (Phi) is 4.00. The Labute approximate surface area is 147 Å². The van der Waals surface area contributed by atoms with Crippen LogP contribution in [0.4, 0.5) is 0 Å². The molecule has 0 fully saturated rings. The second-order valence-corrected chi connectivity index (χ2v) is 5.96. The normalized spacial score (nSPS) is 16.3. The Morgan fingerprint density at radius 2 is 1.77 bits per heavy atom. The summed E-state index contributed by atoms with van der Waals surface area (Å²) in [5.74, 6) is -5.91. The van der Waals surface area contributed by atoms with E-state index in [1.807, 2.05) is 0 Å². The molecule has 0 amide bonds. The molecule has 0 heterocycles. The number of aliphatic hydroxyl groups excluding tert-OH is 1. The zero-order valence-corrected chi connectivity index (χ0v) is 13.6. The minimum atomic E-state index is -1.89. The first-order valence-corrected chi connectivity index (χ1v) is 7.59. The topological polar surface area (TPSA) is 132 Å². The van der Waals surface area contributed by atoms with E-state index in [9.17, 15) is 34.8 Å². The summed E-state index contributed by atoms with van der Waals surface area (Å²) in [4.78, 5) is 36.0. The van der Waals surface area contributed by atoms with Crippen molar-refractivity contribution < 1.29 is 34.8 Å². The van der Waals surface area contributed by atoms with Gasteiger partial charge in [0.25, 0.3) is 0 Å². The highest BCUT2D eigenvalue weighted by Gasteiger charge is 2.43. The van der Waals surface area contributed by atoms with Gasteiger partial charge in [0.15, 0.2) is 12.1 Å². The minimum absolute atomic E-state index is 0.0632. The first-order valence-electron chi connectivity index (χ1n) is 7.59. The number of hydrogen-bond acceptors (Lipinski definition) is 6. The number of phenols is 2. The van der Waals surface area contributed by atoms with E-state index in [1.54, 1.807) is 6.92 Å². The summed E-state index contributed by atoms with van der Waals surface area (Å²) in [6.07, 6.45) is 0.406. The Morgan fingerprint density at radius 3 is 2.38 bits per heavy atom. The molecule has 7 nitrogen and oxygen atoms in total. The summed E-state index contributed by atoms with van der Waals surface area (Å²) in [5.41, 5.74) is -0.523. The quantitative estimate of drug-likeness (QED) is 0.492. The van der Waals surface area contributed by atoms with Crippen LogP contribution in [0.3, 0.4) is 0 Å². The van der Waals surface area contributed by atoms with E-state index in [0.29, 0.717) is 11.8 Å². The molecule has 132 valence electrons. The van der Waals surface area contributed by atoms with E-state index in [0.717, 1.165) is 0 Å². The molecule has 3 rings (SSSR count). The number of phenolic OH excluding ortho intramolecular Hbond substituents is 2. The predicted molar refractivity (Wildman–Crippen MR) is 91.2 cm³/mol. The summed E-state index contributed by atoms with van der Waals surface area (Å²) in [7, 11) is 0. The zero-order valence-electron chi connectivity index (χ0n) is 13.6. The SMILES string of the molecule is Cc1cc(O)c(C2=C(O)c3cccc(O)c3C(=O)C2C(=O)O)c(C=O)c1. The molecule has 0 saturated carbocycles. The van der Waals surface area contributed by atoms with Crippen molar-refractivity contribution in [3.8, 4) is 11.5 Å². The number of carbonyl (C=O) groups excluding carboxylic acids is 2. The zero-order chi connectivity index (χ0) is 19.2. The number of benzene rings is 2. The van der Waals surface area contributed by atoms with E-state index >= 15 is 0 Å². The average Bonchev–Trinajstić information content (AvgIpc) is 2.57. The van der Waals surface area contributed by atoms with Crippen LogP contribution in [0.1, 0.15) is 37.4 Å². The molecule has 0 radical (unpaired) electrons. The maximum Gasteiger partial charge on any atom is 0.319 e. The second-order valence-electron chi connectivity index (χ2n) is 5.96. The fourth-order valence-corrected chi connectivity index (χ4v) is 3.23. The number of ketones is 1. The standard InChI is InChI=1S/C19H14O7/c1-8-5-9(7-20)13(12(22)6-8)15-16(19(25)26)18(24)14-10(17(15)23)3-2-4-11(14)21/h2-7,16,21-23H,1H3,(H,25,26). The van der Waals surface area contributed by atoms with Gasteiger partial charge in [-0.3, -0.25) is 14.4 Å². The van der Waals surface area contributed by atoms with Gasteiger partial charge in [-0.1, -0.05) is 12.1 Å². The first kappa shape index (κ1) is 17.2. The molecule has 4 N–H and O–H groups in total. The van der Waals surface area contributed by atoms with Gasteiger partial charge >= 0.3 is 5.97 Å². The number of carboxylic acid groups (broad SMARTS) is 1. The van der Waals surface area contributed by atoms with Crippen molar-refractivity contribution >= 4 is 29.4 Å². The number of aliphatic hydroxyl groups is 1. The van der Waals surface area contributed by atoms with Crippen molar-refractivity contribution in [3.63, 3.8) is 0 Å². The highest BCUT2D eigenvalue weighted by Crippen LogP contribution is 2.45. The molecule has 0 spiro atoms. The largest absolute Gasteiger partial charge is 0.507 e. The third-order valence-electron chi connectivity index (χ3n) is 4.29. The highest BCUT2D eigenvalue weighted by molar-refractivity contribution is 6.25. The van der Waals surface area contributed by atoms with Crippen LogP contribution >= 0.6 is 0 Å². The van der Waals surface area contributed by atoms with Gasteiger partial charge in [-0.2, -0.15) is 0 Å². The van der Waals surface area contributed by atoms with Gasteiger partial charge in [0.1, 0.15) is 23.2 Å². The van der Waals surface area contributed by atoms with Crippen molar-refractivity contribution in [2.24, 2.45) is 5.92 Å². The maximum absolute atomic E-state index is 12.7. The summed E-state index contributed by atoms with van der Waals surface area (Å²) in [5, 5.41) is 40.5. The molecule has 1 atom stereocenters. The van der Waals surface area contributed by atoms with Gasteiger partial charge < -0.3 is 20.4 Å². The van der Waals surface area contributed by atoms with Crippen LogP contribution in [0.5, 0.6) is 11.5 Å². The first-order chi connectivity index (χ1) is 12.3. The van der Waals surface area contributed by atoms with E-state index in [1.165, 1.54) is 30.3 Å². The van der Waals surface area contributed by atoms with Crippen molar-refractivity contribution in [1.82, 2.24) is 0 Å². The van der Waals surface area contributed by atoms with Crippen LogP contribution in [-0.4, -0.2) is 38.5 Å². The van der Waals surface area contributed by atoms with Crippen LogP contribution in [0.15, 0.2) is 30.3 Å². The molecule has 0 saturated heterocycles. The van der Waals surface area contributed by atoms with Crippen molar-refractivity contribution in [3.05, 3.63) is 58.1 Å².